The monoisotopic (exact) mass is 211 g/mol. The average molecular weight is 211 g/mol. The SMILES string of the molecule is OB(O)CCCC1C[C@H]1C1CCCCN1. The van der Waals surface area contributed by atoms with E-state index in [1.807, 2.05) is 0 Å². The predicted molar refractivity (Wildman–Crippen MR) is 61.5 cm³/mol. The Kier molecular flexibility index (Phi) is 4.06. The van der Waals surface area contributed by atoms with Crippen molar-refractivity contribution in [1.29, 1.82) is 0 Å². The second-order valence-electron chi connectivity index (χ2n) is 5.13. The third kappa shape index (κ3) is 3.47. The standard InChI is InChI=1S/C11H22BNO2/c14-12(15)6-3-4-9-8-10(9)11-5-1-2-7-13-11/h9-11,13-15H,1-8H2/t9?,10-,11?/m1/s1. The van der Waals surface area contributed by atoms with Gasteiger partial charge >= 0.3 is 7.12 Å². The topological polar surface area (TPSA) is 52.5 Å². The van der Waals surface area contributed by atoms with Gasteiger partial charge in [0.05, 0.1) is 0 Å². The van der Waals surface area contributed by atoms with Crippen molar-refractivity contribution in [1.82, 2.24) is 5.32 Å². The molecule has 2 unspecified atom stereocenters. The van der Waals surface area contributed by atoms with Crippen LogP contribution in [0.2, 0.25) is 6.32 Å². The van der Waals surface area contributed by atoms with E-state index in [0.717, 1.165) is 24.3 Å². The maximum Gasteiger partial charge on any atom is 0.451 e. The summed E-state index contributed by atoms with van der Waals surface area (Å²) < 4.78 is 0. The van der Waals surface area contributed by atoms with Crippen molar-refractivity contribution in [3.8, 4) is 0 Å². The molecule has 0 aromatic heterocycles. The highest BCUT2D eigenvalue weighted by molar-refractivity contribution is 6.40. The fraction of sp³-hybridized carbons (Fsp3) is 1.00. The maximum atomic E-state index is 8.74. The van der Waals surface area contributed by atoms with Gasteiger partial charge in [-0.1, -0.05) is 19.3 Å². The van der Waals surface area contributed by atoms with E-state index in [1.165, 1.54) is 38.6 Å². The fourth-order valence-electron chi connectivity index (χ4n) is 2.90. The Balaban J connectivity index is 1.58. The van der Waals surface area contributed by atoms with E-state index in [9.17, 15) is 0 Å². The summed E-state index contributed by atoms with van der Waals surface area (Å²) in [5.41, 5.74) is 0. The molecule has 1 heterocycles. The molecule has 2 aliphatic rings. The number of piperidine rings is 1. The van der Waals surface area contributed by atoms with E-state index in [1.54, 1.807) is 0 Å². The molecule has 86 valence electrons. The van der Waals surface area contributed by atoms with Gasteiger partial charge in [-0.3, -0.25) is 0 Å². The molecule has 2 rings (SSSR count). The van der Waals surface area contributed by atoms with Crippen LogP contribution in [0.15, 0.2) is 0 Å². The summed E-state index contributed by atoms with van der Waals surface area (Å²) in [6.07, 6.45) is 8.12. The lowest BCUT2D eigenvalue weighted by Crippen LogP contribution is -2.36. The van der Waals surface area contributed by atoms with Gasteiger partial charge in [-0.25, -0.2) is 0 Å². The molecule has 1 aliphatic heterocycles. The summed E-state index contributed by atoms with van der Waals surface area (Å²) in [6.45, 7) is 1.20. The summed E-state index contributed by atoms with van der Waals surface area (Å²) in [5, 5.41) is 21.1. The minimum atomic E-state index is -1.10. The molecule has 3 N–H and O–H groups in total. The zero-order chi connectivity index (χ0) is 10.7. The van der Waals surface area contributed by atoms with Gasteiger partial charge in [0, 0.05) is 6.04 Å². The molecule has 3 atom stereocenters. The first-order valence-electron chi connectivity index (χ1n) is 6.37. The molecule has 0 aromatic carbocycles. The van der Waals surface area contributed by atoms with Crippen molar-refractivity contribution in [2.45, 2.75) is 50.9 Å². The molecule has 0 bridgehead atoms. The van der Waals surface area contributed by atoms with Gasteiger partial charge in [-0.05, 0) is 44.0 Å². The third-order valence-electron chi connectivity index (χ3n) is 3.88. The van der Waals surface area contributed by atoms with Crippen molar-refractivity contribution in [3.05, 3.63) is 0 Å². The number of hydrogen-bond donors (Lipinski definition) is 3. The van der Waals surface area contributed by atoms with Crippen molar-refractivity contribution in [2.75, 3.05) is 6.54 Å². The molecular formula is C11H22BNO2. The highest BCUT2D eigenvalue weighted by Gasteiger charge is 2.42. The van der Waals surface area contributed by atoms with Gasteiger partial charge in [0.2, 0.25) is 0 Å². The molecule has 1 saturated carbocycles. The highest BCUT2D eigenvalue weighted by Crippen LogP contribution is 2.46. The number of nitrogens with one attached hydrogen (secondary N) is 1. The molecule has 2 fully saturated rings. The highest BCUT2D eigenvalue weighted by atomic mass is 16.4. The molecule has 0 radical (unpaired) electrons. The zero-order valence-electron chi connectivity index (χ0n) is 9.36. The Hall–Kier alpha value is -0.0551. The number of hydrogen-bond acceptors (Lipinski definition) is 3. The molecule has 4 heteroatoms. The van der Waals surface area contributed by atoms with Crippen molar-refractivity contribution in [3.63, 3.8) is 0 Å². The lowest BCUT2D eigenvalue weighted by Gasteiger charge is -2.23. The Bertz CT molecular complexity index is 195. The first kappa shape index (κ1) is 11.4. The molecule has 0 amide bonds. The van der Waals surface area contributed by atoms with E-state index >= 15 is 0 Å². The first-order chi connectivity index (χ1) is 7.27. The van der Waals surface area contributed by atoms with Crippen LogP contribution in [0, 0.1) is 11.8 Å². The third-order valence-corrected chi connectivity index (χ3v) is 3.88. The van der Waals surface area contributed by atoms with Gasteiger partial charge in [0.25, 0.3) is 0 Å². The minimum Gasteiger partial charge on any atom is -0.427 e. The van der Waals surface area contributed by atoms with Crippen LogP contribution in [0.5, 0.6) is 0 Å². The quantitative estimate of drug-likeness (QED) is 0.595. The van der Waals surface area contributed by atoms with Crippen molar-refractivity contribution in [2.24, 2.45) is 11.8 Å². The van der Waals surface area contributed by atoms with Crippen LogP contribution in [0.4, 0.5) is 0 Å². The second-order valence-corrected chi connectivity index (χ2v) is 5.13. The molecule has 0 aromatic rings. The molecule has 15 heavy (non-hydrogen) atoms. The largest absolute Gasteiger partial charge is 0.451 e. The second kappa shape index (κ2) is 5.33. The zero-order valence-corrected chi connectivity index (χ0v) is 9.36. The average Bonchev–Trinajstić information content (AvgIpc) is 2.98. The Morgan fingerprint density at radius 1 is 1.27 bits per heavy atom. The summed E-state index contributed by atoms with van der Waals surface area (Å²) in [4.78, 5) is 0. The van der Waals surface area contributed by atoms with Gasteiger partial charge < -0.3 is 15.4 Å². The van der Waals surface area contributed by atoms with E-state index in [2.05, 4.69) is 5.32 Å². The van der Waals surface area contributed by atoms with E-state index < -0.39 is 7.12 Å². The molecule has 0 spiro atoms. The fourth-order valence-corrected chi connectivity index (χ4v) is 2.90. The Morgan fingerprint density at radius 2 is 2.13 bits per heavy atom. The van der Waals surface area contributed by atoms with Gasteiger partial charge in [0.1, 0.15) is 0 Å². The van der Waals surface area contributed by atoms with Crippen LogP contribution in [0.3, 0.4) is 0 Å². The van der Waals surface area contributed by atoms with Crippen LogP contribution in [-0.4, -0.2) is 29.8 Å². The van der Waals surface area contributed by atoms with Gasteiger partial charge in [0.15, 0.2) is 0 Å². The smallest absolute Gasteiger partial charge is 0.427 e. The number of rotatable bonds is 5. The van der Waals surface area contributed by atoms with Crippen molar-refractivity contribution >= 4 is 7.12 Å². The minimum absolute atomic E-state index is 0.543. The summed E-state index contributed by atoms with van der Waals surface area (Å²) in [6, 6.07) is 0.766. The summed E-state index contributed by atoms with van der Waals surface area (Å²) >= 11 is 0. The summed E-state index contributed by atoms with van der Waals surface area (Å²) in [7, 11) is -1.10. The first-order valence-corrected chi connectivity index (χ1v) is 6.37. The Labute approximate surface area is 92.4 Å². The lowest BCUT2D eigenvalue weighted by atomic mass is 9.83. The van der Waals surface area contributed by atoms with Crippen LogP contribution in [-0.2, 0) is 0 Å². The lowest BCUT2D eigenvalue weighted by molar-refractivity contribution is 0.351. The summed E-state index contributed by atoms with van der Waals surface area (Å²) in [5.74, 6) is 1.75. The van der Waals surface area contributed by atoms with Gasteiger partial charge in [-0.15, -0.1) is 0 Å². The van der Waals surface area contributed by atoms with Crippen LogP contribution >= 0.6 is 0 Å². The van der Waals surface area contributed by atoms with E-state index in [-0.39, 0.29) is 0 Å². The van der Waals surface area contributed by atoms with E-state index in [4.69, 9.17) is 10.0 Å². The predicted octanol–water partition coefficient (Wildman–Crippen LogP) is 1.02. The molecule has 3 nitrogen and oxygen atoms in total. The van der Waals surface area contributed by atoms with Crippen LogP contribution in [0.25, 0.3) is 0 Å². The molecular weight excluding hydrogens is 189 g/mol. The molecule has 1 aliphatic carbocycles. The normalized spacial score (nSPS) is 35.2. The maximum absolute atomic E-state index is 8.74. The van der Waals surface area contributed by atoms with E-state index in [0.29, 0.717) is 6.32 Å². The van der Waals surface area contributed by atoms with Gasteiger partial charge in [-0.2, -0.15) is 0 Å². The Morgan fingerprint density at radius 3 is 2.80 bits per heavy atom. The molecule has 1 saturated heterocycles. The van der Waals surface area contributed by atoms with Crippen LogP contribution < -0.4 is 5.32 Å². The van der Waals surface area contributed by atoms with Crippen molar-refractivity contribution < 1.29 is 10.0 Å². The van der Waals surface area contributed by atoms with Crippen LogP contribution in [0.1, 0.15) is 38.5 Å².